The summed E-state index contributed by atoms with van der Waals surface area (Å²) in [6.07, 6.45) is 1.33. The molecule has 2 heterocycles. The third kappa shape index (κ3) is 2.04. The fourth-order valence-electron chi connectivity index (χ4n) is 1.90. The minimum atomic E-state index is -3.71. The number of furan rings is 1. The molecule has 6 heteroatoms. The predicted octanol–water partition coefficient (Wildman–Crippen LogP) is 2.65. The molecule has 0 radical (unpaired) electrons. The lowest BCUT2D eigenvalue weighted by molar-refractivity contribution is 0.449. The van der Waals surface area contributed by atoms with Crippen molar-refractivity contribution in [3.05, 3.63) is 54.8 Å². The number of aromatic nitrogens is 1. The van der Waals surface area contributed by atoms with Crippen molar-refractivity contribution in [2.45, 2.75) is 5.09 Å². The summed E-state index contributed by atoms with van der Waals surface area (Å²) in [4.78, 5) is 4.36. The summed E-state index contributed by atoms with van der Waals surface area (Å²) >= 11 is 0. The van der Waals surface area contributed by atoms with Crippen molar-refractivity contribution < 1.29 is 12.8 Å². The highest BCUT2D eigenvalue weighted by Crippen LogP contribution is 2.22. The molecule has 0 amide bonds. The SMILES string of the molecule is CN(c1ccc2ccccc2n1)S(=O)(=O)c1ccco1. The summed E-state index contributed by atoms with van der Waals surface area (Å²) in [5, 5.41) is 0.856. The summed E-state index contributed by atoms with van der Waals surface area (Å²) in [7, 11) is -2.26. The van der Waals surface area contributed by atoms with E-state index in [1.165, 1.54) is 25.4 Å². The Morgan fingerprint density at radius 3 is 2.60 bits per heavy atom. The first kappa shape index (κ1) is 12.7. The van der Waals surface area contributed by atoms with E-state index in [0.29, 0.717) is 5.82 Å². The third-order valence-electron chi connectivity index (χ3n) is 3.02. The van der Waals surface area contributed by atoms with Crippen LogP contribution in [0.1, 0.15) is 0 Å². The first-order chi connectivity index (χ1) is 9.59. The van der Waals surface area contributed by atoms with Crippen LogP contribution in [-0.2, 0) is 10.0 Å². The fraction of sp³-hybridized carbons (Fsp3) is 0.0714. The van der Waals surface area contributed by atoms with Gasteiger partial charge in [0.05, 0.1) is 11.8 Å². The summed E-state index contributed by atoms with van der Waals surface area (Å²) < 4.78 is 30.7. The summed E-state index contributed by atoms with van der Waals surface area (Å²) in [5.74, 6) is 0.347. The largest absolute Gasteiger partial charge is 0.451 e. The molecule has 1 aromatic carbocycles. The minimum Gasteiger partial charge on any atom is -0.451 e. The lowest BCUT2D eigenvalue weighted by atomic mass is 10.2. The van der Waals surface area contributed by atoms with Crippen molar-refractivity contribution in [1.82, 2.24) is 4.98 Å². The topological polar surface area (TPSA) is 63.4 Å². The van der Waals surface area contributed by atoms with Gasteiger partial charge in [-0.1, -0.05) is 18.2 Å². The quantitative estimate of drug-likeness (QED) is 0.743. The predicted molar refractivity (Wildman–Crippen MR) is 76.0 cm³/mol. The molecule has 0 aliphatic carbocycles. The number of hydrogen-bond acceptors (Lipinski definition) is 4. The van der Waals surface area contributed by atoms with Crippen molar-refractivity contribution in [2.24, 2.45) is 0 Å². The van der Waals surface area contributed by atoms with Crippen molar-refractivity contribution in [1.29, 1.82) is 0 Å². The number of fused-ring (bicyclic) bond motifs is 1. The van der Waals surface area contributed by atoms with E-state index in [9.17, 15) is 8.42 Å². The Hall–Kier alpha value is -2.34. The number of sulfonamides is 1. The number of benzene rings is 1. The molecule has 0 atom stereocenters. The van der Waals surface area contributed by atoms with Crippen molar-refractivity contribution >= 4 is 26.7 Å². The van der Waals surface area contributed by atoms with Gasteiger partial charge in [0.25, 0.3) is 10.0 Å². The Kier molecular flexibility index (Phi) is 2.94. The van der Waals surface area contributed by atoms with E-state index in [4.69, 9.17) is 4.42 Å². The van der Waals surface area contributed by atoms with Gasteiger partial charge in [-0.25, -0.2) is 4.98 Å². The molecule has 3 rings (SSSR count). The van der Waals surface area contributed by atoms with Crippen LogP contribution < -0.4 is 4.31 Å². The number of hydrogen-bond donors (Lipinski definition) is 0. The zero-order valence-electron chi connectivity index (χ0n) is 10.7. The van der Waals surface area contributed by atoms with Crippen LogP contribution in [0.25, 0.3) is 10.9 Å². The van der Waals surface area contributed by atoms with Gasteiger partial charge in [0.2, 0.25) is 5.09 Å². The summed E-state index contributed by atoms with van der Waals surface area (Å²) in [6.45, 7) is 0. The maximum Gasteiger partial charge on any atom is 0.298 e. The third-order valence-corrected chi connectivity index (χ3v) is 4.67. The zero-order chi connectivity index (χ0) is 14.2. The lowest BCUT2D eigenvalue weighted by Crippen LogP contribution is -2.26. The summed E-state index contributed by atoms with van der Waals surface area (Å²) in [5.41, 5.74) is 0.742. The van der Waals surface area contributed by atoms with Gasteiger partial charge in [0, 0.05) is 12.4 Å². The van der Waals surface area contributed by atoms with Gasteiger partial charge in [-0.2, -0.15) is 8.42 Å². The maximum absolute atomic E-state index is 12.3. The lowest BCUT2D eigenvalue weighted by Gasteiger charge is -2.17. The molecule has 20 heavy (non-hydrogen) atoms. The molecule has 2 aromatic heterocycles. The highest BCUT2D eigenvalue weighted by molar-refractivity contribution is 7.92. The molecule has 5 nitrogen and oxygen atoms in total. The average molecular weight is 288 g/mol. The maximum atomic E-state index is 12.3. The standard InChI is InChI=1S/C14H12N2O3S/c1-16(20(17,18)14-7-4-10-19-14)13-9-8-11-5-2-3-6-12(11)15-13/h2-10H,1H3. The Labute approximate surface area is 116 Å². The monoisotopic (exact) mass is 288 g/mol. The first-order valence-corrected chi connectivity index (χ1v) is 7.41. The molecule has 0 saturated heterocycles. The van der Waals surface area contributed by atoms with Crippen molar-refractivity contribution in [2.75, 3.05) is 11.4 Å². The van der Waals surface area contributed by atoms with Crippen molar-refractivity contribution in [3.63, 3.8) is 0 Å². The number of pyridine rings is 1. The Morgan fingerprint density at radius 2 is 1.85 bits per heavy atom. The summed E-state index contributed by atoms with van der Waals surface area (Å²) in [6, 6.07) is 14.0. The van der Waals surface area contributed by atoms with Gasteiger partial charge < -0.3 is 4.42 Å². The molecular formula is C14H12N2O3S. The van der Waals surface area contributed by atoms with Gasteiger partial charge >= 0.3 is 0 Å². The van der Waals surface area contributed by atoms with E-state index in [1.54, 1.807) is 6.07 Å². The number of rotatable bonds is 3. The van der Waals surface area contributed by atoms with E-state index in [2.05, 4.69) is 4.98 Å². The van der Waals surface area contributed by atoms with E-state index < -0.39 is 10.0 Å². The molecule has 0 unspecified atom stereocenters. The van der Waals surface area contributed by atoms with Crippen LogP contribution in [-0.4, -0.2) is 20.4 Å². The Morgan fingerprint density at radius 1 is 1.05 bits per heavy atom. The van der Waals surface area contributed by atoms with E-state index >= 15 is 0 Å². The highest BCUT2D eigenvalue weighted by atomic mass is 32.2. The molecule has 0 fully saturated rings. The smallest absolute Gasteiger partial charge is 0.298 e. The van der Waals surface area contributed by atoms with Crippen LogP contribution in [0.4, 0.5) is 5.82 Å². The normalized spacial score (nSPS) is 11.7. The molecule has 3 aromatic rings. The van der Waals surface area contributed by atoms with Crippen LogP contribution in [0.3, 0.4) is 0 Å². The van der Waals surface area contributed by atoms with E-state index in [-0.39, 0.29) is 5.09 Å². The number of anilines is 1. The molecule has 102 valence electrons. The zero-order valence-corrected chi connectivity index (χ0v) is 11.5. The minimum absolute atomic E-state index is 0.102. The molecule has 0 spiro atoms. The molecule has 0 bridgehead atoms. The highest BCUT2D eigenvalue weighted by Gasteiger charge is 2.24. The van der Waals surface area contributed by atoms with Crippen LogP contribution in [0.5, 0.6) is 0 Å². The van der Waals surface area contributed by atoms with Crippen molar-refractivity contribution in [3.8, 4) is 0 Å². The van der Waals surface area contributed by atoms with Gasteiger partial charge in [-0.05, 0) is 30.3 Å². The van der Waals surface area contributed by atoms with Crippen LogP contribution in [0.15, 0.2) is 64.3 Å². The first-order valence-electron chi connectivity index (χ1n) is 5.97. The number of nitrogens with zero attached hydrogens (tertiary/aromatic N) is 2. The second-order valence-electron chi connectivity index (χ2n) is 4.27. The van der Waals surface area contributed by atoms with Crippen LogP contribution in [0, 0.1) is 0 Å². The van der Waals surface area contributed by atoms with Gasteiger partial charge in [0.15, 0.2) is 0 Å². The second-order valence-corrected chi connectivity index (χ2v) is 6.17. The van der Waals surface area contributed by atoms with E-state index in [1.807, 2.05) is 30.3 Å². The Balaban J connectivity index is 2.06. The molecule has 0 saturated carbocycles. The molecular weight excluding hydrogens is 276 g/mol. The molecule has 0 N–H and O–H groups in total. The fourth-order valence-corrected chi connectivity index (χ4v) is 2.94. The molecule has 0 aliphatic heterocycles. The van der Waals surface area contributed by atoms with Gasteiger partial charge in [0.1, 0.15) is 5.82 Å². The Bertz CT molecular complexity index is 842. The van der Waals surface area contributed by atoms with Crippen LogP contribution in [0.2, 0.25) is 0 Å². The van der Waals surface area contributed by atoms with Gasteiger partial charge in [-0.3, -0.25) is 4.31 Å². The van der Waals surface area contributed by atoms with E-state index in [0.717, 1.165) is 15.2 Å². The number of para-hydroxylation sites is 1. The van der Waals surface area contributed by atoms with Crippen LogP contribution >= 0.6 is 0 Å². The molecule has 0 aliphatic rings. The average Bonchev–Trinajstić information content (AvgIpc) is 3.01. The van der Waals surface area contributed by atoms with Gasteiger partial charge in [-0.15, -0.1) is 0 Å². The second kappa shape index (κ2) is 4.64.